The minimum Gasteiger partial charge on any atom is -0.358 e. The first-order valence-electron chi connectivity index (χ1n) is 6.21. The molecule has 3 rings (SSSR count). The Morgan fingerprint density at radius 3 is 3.00 bits per heavy atom. The first kappa shape index (κ1) is 10.8. The summed E-state index contributed by atoms with van der Waals surface area (Å²) in [6, 6.07) is 3.26. The third kappa shape index (κ3) is 1.65. The third-order valence-corrected chi connectivity index (χ3v) is 3.77. The molecule has 2 nitrogen and oxygen atoms in total. The van der Waals surface area contributed by atoms with Crippen LogP contribution in [0.5, 0.6) is 0 Å². The maximum Gasteiger partial charge on any atom is 0.124 e. The highest BCUT2D eigenvalue weighted by atomic mass is 19.1. The number of hydrogen-bond acceptors (Lipinski definition) is 1. The van der Waals surface area contributed by atoms with Crippen LogP contribution in [0, 0.1) is 12.7 Å². The number of halogens is 1. The van der Waals surface area contributed by atoms with Gasteiger partial charge in [0.15, 0.2) is 0 Å². The van der Waals surface area contributed by atoms with Crippen molar-refractivity contribution in [2.24, 2.45) is 0 Å². The predicted octanol–water partition coefficient (Wildman–Crippen LogP) is 2.99. The van der Waals surface area contributed by atoms with Gasteiger partial charge < -0.3 is 4.98 Å². The molecule has 1 N–H and O–H groups in total. The number of aromatic nitrogens is 1. The summed E-state index contributed by atoms with van der Waals surface area (Å²) in [6.45, 7) is 7.23. The van der Waals surface area contributed by atoms with Gasteiger partial charge in [-0.2, -0.15) is 0 Å². The molecule has 1 aromatic carbocycles. The standard InChI is InChI=1S/C14H17FN2/c1-3-17-5-4-13-12(8-17)11-7-10(15)6-9(2)14(11)16-13/h6-7,16H,3-5,8H2,1-2H3. The molecule has 0 unspecified atom stereocenters. The molecule has 0 atom stereocenters. The Morgan fingerprint density at radius 2 is 2.24 bits per heavy atom. The third-order valence-electron chi connectivity index (χ3n) is 3.77. The molecule has 0 spiro atoms. The first-order valence-corrected chi connectivity index (χ1v) is 6.21. The highest BCUT2D eigenvalue weighted by Crippen LogP contribution is 2.30. The van der Waals surface area contributed by atoms with Crippen molar-refractivity contribution in [3.05, 3.63) is 34.8 Å². The summed E-state index contributed by atoms with van der Waals surface area (Å²) in [5.41, 5.74) is 4.68. The van der Waals surface area contributed by atoms with E-state index in [0.717, 1.165) is 42.5 Å². The Kier molecular flexibility index (Phi) is 2.44. The molecule has 1 aliphatic rings. The first-order chi connectivity index (χ1) is 8.19. The molecule has 0 aliphatic carbocycles. The Hall–Kier alpha value is -1.35. The molecular formula is C14H17FN2. The second-order valence-electron chi connectivity index (χ2n) is 4.85. The summed E-state index contributed by atoms with van der Waals surface area (Å²) in [6.07, 6.45) is 1.04. The summed E-state index contributed by atoms with van der Waals surface area (Å²) in [7, 11) is 0. The van der Waals surface area contributed by atoms with Crippen molar-refractivity contribution in [2.45, 2.75) is 26.8 Å². The number of hydrogen-bond donors (Lipinski definition) is 1. The highest BCUT2D eigenvalue weighted by Gasteiger charge is 2.20. The summed E-state index contributed by atoms with van der Waals surface area (Å²) >= 11 is 0. The monoisotopic (exact) mass is 232 g/mol. The minimum atomic E-state index is -0.134. The maximum absolute atomic E-state index is 13.5. The number of nitrogens with zero attached hydrogens (tertiary/aromatic N) is 1. The second-order valence-corrected chi connectivity index (χ2v) is 4.85. The molecule has 0 saturated carbocycles. The van der Waals surface area contributed by atoms with Crippen LogP contribution in [0.4, 0.5) is 4.39 Å². The second kappa shape index (κ2) is 3.84. The van der Waals surface area contributed by atoms with Gasteiger partial charge in [-0.1, -0.05) is 6.92 Å². The summed E-state index contributed by atoms with van der Waals surface area (Å²) in [5, 5.41) is 1.07. The van der Waals surface area contributed by atoms with Gasteiger partial charge in [0.05, 0.1) is 0 Å². The fourth-order valence-corrected chi connectivity index (χ4v) is 2.77. The number of rotatable bonds is 1. The van der Waals surface area contributed by atoms with Crippen LogP contribution in [0.3, 0.4) is 0 Å². The number of fused-ring (bicyclic) bond motifs is 3. The van der Waals surface area contributed by atoms with Gasteiger partial charge in [-0.05, 0) is 36.7 Å². The zero-order chi connectivity index (χ0) is 12.0. The summed E-state index contributed by atoms with van der Waals surface area (Å²) in [4.78, 5) is 5.86. The molecule has 0 radical (unpaired) electrons. The van der Waals surface area contributed by atoms with Gasteiger partial charge in [-0.3, -0.25) is 4.90 Å². The number of H-pyrrole nitrogens is 1. The Labute approximate surface area is 100 Å². The lowest BCUT2D eigenvalue weighted by atomic mass is 10.0. The summed E-state index contributed by atoms with van der Waals surface area (Å²) < 4.78 is 13.5. The average molecular weight is 232 g/mol. The molecule has 0 bridgehead atoms. The van der Waals surface area contributed by atoms with Gasteiger partial charge in [-0.15, -0.1) is 0 Å². The van der Waals surface area contributed by atoms with Crippen molar-refractivity contribution >= 4 is 10.9 Å². The van der Waals surface area contributed by atoms with Crippen LogP contribution >= 0.6 is 0 Å². The van der Waals surface area contributed by atoms with Crippen molar-refractivity contribution in [1.82, 2.24) is 9.88 Å². The zero-order valence-corrected chi connectivity index (χ0v) is 10.3. The largest absolute Gasteiger partial charge is 0.358 e. The van der Waals surface area contributed by atoms with Crippen LogP contribution in [0.2, 0.25) is 0 Å². The van der Waals surface area contributed by atoms with Gasteiger partial charge in [0, 0.05) is 36.1 Å². The number of likely N-dealkylation sites (N-methyl/N-ethyl adjacent to an activating group) is 1. The molecule has 0 saturated heterocycles. The van der Waals surface area contributed by atoms with Gasteiger partial charge in [0.25, 0.3) is 0 Å². The van der Waals surface area contributed by atoms with Crippen molar-refractivity contribution in [3.63, 3.8) is 0 Å². The van der Waals surface area contributed by atoms with Crippen LogP contribution in [-0.2, 0) is 13.0 Å². The Bertz CT molecular complexity index is 571. The van der Waals surface area contributed by atoms with E-state index in [-0.39, 0.29) is 5.82 Å². The number of aryl methyl sites for hydroxylation is 1. The van der Waals surface area contributed by atoms with E-state index in [0.29, 0.717) is 0 Å². The maximum atomic E-state index is 13.5. The van der Waals surface area contributed by atoms with Crippen molar-refractivity contribution in [3.8, 4) is 0 Å². The molecule has 17 heavy (non-hydrogen) atoms. The Morgan fingerprint density at radius 1 is 1.41 bits per heavy atom. The van der Waals surface area contributed by atoms with E-state index in [1.807, 2.05) is 6.92 Å². The lowest BCUT2D eigenvalue weighted by Crippen LogP contribution is -2.29. The van der Waals surface area contributed by atoms with E-state index in [9.17, 15) is 4.39 Å². The van der Waals surface area contributed by atoms with Gasteiger partial charge in [0.1, 0.15) is 5.82 Å². The fourth-order valence-electron chi connectivity index (χ4n) is 2.77. The highest BCUT2D eigenvalue weighted by molar-refractivity contribution is 5.87. The quantitative estimate of drug-likeness (QED) is 0.800. The Balaban J connectivity index is 2.20. The number of benzene rings is 1. The molecule has 0 amide bonds. The van der Waals surface area contributed by atoms with Gasteiger partial charge in [-0.25, -0.2) is 4.39 Å². The van der Waals surface area contributed by atoms with Gasteiger partial charge >= 0.3 is 0 Å². The van der Waals surface area contributed by atoms with Crippen LogP contribution in [0.15, 0.2) is 12.1 Å². The number of aromatic amines is 1. The SMILES string of the molecule is CCN1CCc2[nH]c3c(C)cc(F)cc3c2C1. The molecule has 2 heterocycles. The molecule has 1 aromatic heterocycles. The molecular weight excluding hydrogens is 215 g/mol. The molecule has 90 valence electrons. The minimum absolute atomic E-state index is 0.134. The van der Waals surface area contributed by atoms with Crippen LogP contribution in [0.25, 0.3) is 10.9 Å². The average Bonchev–Trinajstić information content (AvgIpc) is 2.67. The van der Waals surface area contributed by atoms with Crippen molar-refractivity contribution < 1.29 is 4.39 Å². The molecule has 3 heteroatoms. The van der Waals surface area contributed by atoms with E-state index in [1.165, 1.54) is 11.3 Å². The van der Waals surface area contributed by atoms with Crippen molar-refractivity contribution in [1.29, 1.82) is 0 Å². The topological polar surface area (TPSA) is 19.0 Å². The van der Waals surface area contributed by atoms with Crippen LogP contribution in [-0.4, -0.2) is 23.0 Å². The normalized spacial score (nSPS) is 16.4. The van der Waals surface area contributed by atoms with E-state index in [4.69, 9.17) is 0 Å². The molecule has 1 aliphatic heterocycles. The number of nitrogens with one attached hydrogen (secondary N) is 1. The lowest BCUT2D eigenvalue weighted by Gasteiger charge is -2.25. The van der Waals surface area contributed by atoms with Gasteiger partial charge in [0.2, 0.25) is 0 Å². The van der Waals surface area contributed by atoms with E-state index in [2.05, 4.69) is 16.8 Å². The lowest BCUT2D eigenvalue weighted by molar-refractivity contribution is 0.268. The smallest absolute Gasteiger partial charge is 0.124 e. The van der Waals surface area contributed by atoms with E-state index in [1.54, 1.807) is 12.1 Å². The zero-order valence-electron chi connectivity index (χ0n) is 10.3. The van der Waals surface area contributed by atoms with Crippen LogP contribution < -0.4 is 0 Å². The predicted molar refractivity (Wildman–Crippen MR) is 67.6 cm³/mol. The van der Waals surface area contributed by atoms with E-state index < -0.39 is 0 Å². The van der Waals surface area contributed by atoms with Crippen molar-refractivity contribution in [2.75, 3.05) is 13.1 Å². The van der Waals surface area contributed by atoms with Crippen LogP contribution in [0.1, 0.15) is 23.7 Å². The fraction of sp³-hybridized carbons (Fsp3) is 0.429. The molecule has 2 aromatic rings. The van der Waals surface area contributed by atoms with E-state index >= 15 is 0 Å². The molecule has 0 fully saturated rings. The summed E-state index contributed by atoms with van der Waals surface area (Å²) in [5.74, 6) is -0.134.